The number of fused-ring (bicyclic) bond motifs is 1. The summed E-state index contributed by atoms with van der Waals surface area (Å²) < 4.78 is 13.9. The molecule has 3 atom stereocenters. The Morgan fingerprint density at radius 2 is 1.85 bits per heavy atom. The molecule has 244 valence electrons. The Kier molecular flexibility index (Phi) is 9.77. The normalized spacial score (nSPS) is 16.9. The number of hydrogen-bond acceptors (Lipinski definition) is 6. The van der Waals surface area contributed by atoms with Gasteiger partial charge in [0.2, 0.25) is 5.91 Å². The second kappa shape index (κ2) is 13.3. The average molecular weight is 661 g/mol. The fourth-order valence-corrected chi connectivity index (χ4v) is 7.14. The number of nitrogens with zero attached hydrogens (tertiary/aromatic N) is 4. The Hall–Kier alpha value is -3.53. The summed E-state index contributed by atoms with van der Waals surface area (Å²) in [5, 5.41) is 9.18. The van der Waals surface area contributed by atoms with Gasteiger partial charge in [0.15, 0.2) is 8.32 Å². The summed E-state index contributed by atoms with van der Waals surface area (Å²) >= 11 is 7.12. The largest absolute Gasteiger partial charge is 0.447 e. The van der Waals surface area contributed by atoms with E-state index in [0.29, 0.717) is 30.1 Å². The van der Waals surface area contributed by atoms with Gasteiger partial charge in [-0.3, -0.25) is 4.79 Å². The van der Waals surface area contributed by atoms with Gasteiger partial charge in [0.05, 0.1) is 23.2 Å². The molecule has 5 rings (SSSR count). The van der Waals surface area contributed by atoms with Crippen LogP contribution in [-0.4, -0.2) is 52.9 Å². The van der Waals surface area contributed by atoms with Crippen molar-refractivity contribution in [2.24, 2.45) is 5.92 Å². The summed E-state index contributed by atoms with van der Waals surface area (Å²) in [6, 6.07) is 19.6. The van der Waals surface area contributed by atoms with E-state index in [-0.39, 0.29) is 17.6 Å². The number of aromatic nitrogens is 3. The van der Waals surface area contributed by atoms with Gasteiger partial charge in [-0.2, -0.15) is 0 Å². The van der Waals surface area contributed by atoms with E-state index < -0.39 is 32.3 Å². The number of cyclic esters (lactones) is 1. The first-order valence-corrected chi connectivity index (χ1v) is 19.3. The van der Waals surface area contributed by atoms with Gasteiger partial charge in [-0.25, -0.2) is 14.4 Å². The van der Waals surface area contributed by atoms with Crippen molar-refractivity contribution in [3.05, 3.63) is 93.5 Å². The van der Waals surface area contributed by atoms with E-state index in [4.69, 9.17) is 20.8 Å². The Morgan fingerprint density at radius 3 is 2.52 bits per heavy atom. The first kappa shape index (κ1) is 33.8. The molecule has 0 radical (unpaired) electrons. The molecule has 1 aliphatic heterocycles. The van der Waals surface area contributed by atoms with E-state index in [1.807, 2.05) is 62.4 Å². The van der Waals surface area contributed by atoms with E-state index >= 15 is 0 Å². The number of rotatable bonds is 10. The summed E-state index contributed by atoms with van der Waals surface area (Å²) in [6.07, 6.45) is -0.0986. The quantitative estimate of drug-likeness (QED) is 0.159. The molecule has 1 aliphatic rings. The van der Waals surface area contributed by atoms with Crippen molar-refractivity contribution >= 4 is 43.0 Å². The topological polar surface area (TPSA) is 86.5 Å². The number of aryl methyl sites for hydroxylation is 2. The Morgan fingerprint density at radius 1 is 1.13 bits per heavy atom. The molecule has 8 nitrogen and oxygen atoms in total. The smallest absolute Gasteiger partial charge is 0.416 e. The Balaban J connectivity index is 1.56. The van der Waals surface area contributed by atoms with Gasteiger partial charge in [-0.15, -0.1) is 5.10 Å². The maximum atomic E-state index is 14.4. The lowest BCUT2D eigenvalue weighted by Gasteiger charge is -2.36. The molecule has 1 aromatic heterocycles. The standard InChI is InChI=1S/C36H45ClN4O4Si/c1-9-40-30-18-17-29(32(37)33(30)38-39-40)31(26-16-15-23(2)27(20-26)21-45-46(7,8)36(4,5)6)24(3)34(42)41-28(22-44-35(41)43)19-25-13-11-10-12-14-25/h10-18,20,24,28,31H,9,19,21-22H2,1-8H3/t24-,28?,31+/m1/s1. The summed E-state index contributed by atoms with van der Waals surface area (Å²) in [4.78, 5) is 28.8. The van der Waals surface area contributed by atoms with Crippen molar-refractivity contribution in [1.29, 1.82) is 0 Å². The molecule has 0 bridgehead atoms. The fourth-order valence-electron chi connectivity index (χ4n) is 5.88. The van der Waals surface area contributed by atoms with Crippen LogP contribution in [0.1, 0.15) is 68.4 Å². The van der Waals surface area contributed by atoms with Gasteiger partial charge in [-0.05, 0) is 72.3 Å². The Bertz CT molecular complexity index is 1730. The molecule has 4 aromatic rings. The van der Waals surface area contributed by atoms with Crippen molar-refractivity contribution in [1.82, 2.24) is 19.9 Å². The van der Waals surface area contributed by atoms with E-state index in [1.165, 1.54) is 4.90 Å². The SMILES string of the molecule is CCn1nnc2c(Cl)c([C@H](c3ccc(C)c(CO[Si](C)(C)C(C)(C)C)c3)[C@@H](C)C(=O)N3C(=O)OCC3Cc3ccccc3)ccc21. The molecule has 1 fully saturated rings. The zero-order valence-electron chi connectivity index (χ0n) is 28.1. The molecule has 1 saturated heterocycles. The van der Waals surface area contributed by atoms with Crippen LogP contribution in [0, 0.1) is 12.8 Å². The minimum atomic E-state index is -2.02. The number of carbonyl (C=O) groups excluding carboxylic acids is 2. The number of hydrogen-bond donors (Lipinski definition) is 0. The first-order chi connectivity index (χ1) is 21.7. The van der Waals surface area contributed by atoms with E-state index in [2.05, 4.69) is 63.2 Å². The van der Waals surface area contributed by atoms with Crippen LogP contribution in [0.25, 0.3) is 11.0 Å². The fraction of sp³-hybridized carbons (Fsp3) is 0.444. The number of amides is 2. The molecule has 0 saturated carbocycles. The second-order valence-electron chi connectivity index (χ2n) is 13.9. The average Bonchev–Trinajstić information content (AvgIpc) is 3.61. The number of benzene rings is 3. The van der Waals surface area contributed by atoms with E-state index in [1.54, 1.807) is 4.68 Å². The summed E-state index contributed by atoms with van der Waals surface area (Å²) in [5.41, 5.74) is 6.28. The molecule has 0 aliphatic carbocycles. The highest BCUT2D eigenvalue weighted by atomic mass is 35.5. The van der Waals surface area contributed by atoms with Crippen LogP contribution in [0.5, 0.6) is 0 Å². The first-order valence-electron chi connectivity index (χ1n) is 16.0. The number of carbonyl (C=O) groups is 2. The molecular weight excluding hydrogens is 616 g/mol. The molecule has 2 amide bonds. The lowest BCUT2D eigenvalue weighted by molar-refractivity contribution is -0.133. The van der Waals surface area contributed by atoms with Crippen molar-refractivity contribution < 1.29 is 18.8 Å². The number of ether oxygens (including phenoxy) is 1. The minimum absolute atomic E-state index is 0.0709. The zero-order chi connectivity index (χ0) is 33.4. The van der Waals surface area contributed by atoms with Crippen LogP contribution in [0.3, 0.4) is 0 Å². The highest BCUT2D eigenvalue weighted by molar-refractivity contribution is 6.74. The predicted octanol–water partition coefficient (Wildman–Crippen LogP) is 8.29. The van der Waals surface area contributed by atoms with Crippen molar-refractivity contribution in [3.63, 3.8) is 0 Å². The van der Waals surface area contributed by atoms with Crippen molar-refractivity contribution in [3.8, 4) is 0 Å². The number of halogens is 1. The monoisotopic (exact) mass is 660 g/mol. The van der Waals surface area contributed by atoms with Crippen LogP contribution >= 0.6 is 11.6 Å². The molecular formula is C36H45ClN4O4Si. The van der Waals surface area contributed by atoms with Crippen LogP contribution in [0.15, 0.2) is 60.7 Å². The lowest BCUT2D eigenvalue weighted by Crippen LogP contribution is -2.44. The third-order valence-electron chi connectivity index (χ3n) is 9.82. The molecule has 2 heterocycles. The second-order valence-corrected chi connectivity index (χ2v) is 19.1. The molecule has 0 N–H and O–H groups in total. The van der Waals surface area contributed by atoms with Gasteiger partial charge in [0.1, 0.15) is 12.1 Å². The molecule has 3 aromatic carbocycles. The molecule has 46 heavy (non-hydrogen) atoms. The maximum Gasteiger partial charge on any atom is 0.416 e. The summed E-state index contributed by atoms with van der Waals surface area (Å²) in [5.74, 6) is -1.44. The van der Waals surface area contributed by atoms with Gasteiger partial charge in [-0.1, -0.05) is 99.1 Å². The van der Waals surface area contributed by atoms with Gasteiger partial charge < -0.3 is 9.16 Å². The third kappa shape index (κ3) is 6.64. The van der Waals surface area contributed by atoms with Crippen molar-refractivity contribution in [2.75, 3.05) is 6.61 Å². The summed E-state index contributed by atoms with van der Waals surface area (Å²) in [6.45, 7) is 18.4. The van der Waals surface area contributed by atoms with E-state index in [0.717, 1.165) is 33.3 Å². The predicted molar refractivity (Wildman–Crippen MR) is 185 cm³/mol. The van der Waals surface area contributed by atoms with Crippen LogP contribution < -0.4 is 0 Å². The van der Waals surface area contributed by atoms with Gasteiger partial charge in [0, 0.05) is 18.4 Å². The highest BCUT2D eigenvalue weighted by Gasteiger charge is 2.43. The van der Waals surface area contributed by atoms with Gasteiger partial charge in [0.25, 0.3) is 0 Å². The van der Waals surface area contributed by atoms with Crippen LogP contribution in [-0.2, 0) is 33.5 Å². The molecule has 10 heteroatoms. The number of imide groups is 1. The maximum absolute atomic E-state index is 14.4. The van der Waals surface area contributed by atoms with Crippen LogP contribution in [0.4, 0.5) is 4.79 Å². The zero-order valence-corrected chi connectivity index (χ0v) is 29.9. The van der Waals surface area contributed by atoms with Crippen molar-refractivity contribution in [2.45, 2.75) is 91.2 Å². The molecule has 0 spiro atoms. The highest BCUT2D eigenvalue weighted by Crippen LogP contribution is 2.42. The minimum Gasteiger partial charge on any atom is -0.447 e. The molecule has 1 unspecified atom stereocenters. The Labute approximate surface area is 278 Å². The van der Waals surface area contributed by atoms with Gasteiger partial charge >= 0.3 is 6.09 Å². The lowest BCUT2D eigenvalue weighted by atomic mass is 9.79. The van der Waals surface area contributed by atoms with E-state index in [9.17, 15) is 9.59 Å². The third-order valence-corrected chi connectivity index (χ3v) is 14.7. The van der Waals surface area contributed by atoms with Crippen LogP contribution in [0.2, 0.25) is 23.2 Å². The summed E-state index contributed by atoms with van der Waals surface area (Å²) in [7, 11) is -2.02.